The van der Waals surface area contributed by atoms with Crippen LogP contribution in [0.1, 0.15) is 52.2 Å². The largest absolute Gasteiger partial charge is 0.390 e. The van der Waals surface area contributed by atoms with E-state index in [0.717, 1.165) is 6.42 Å². The smallest absolute Gasteiger partial charge is 0.0841 e. The SMILES string of the molecule is CCOC(CC)C(O)Cc1ccc(C(C)(C)C)cc1. The molecule has 0 spiro atoms. The van der Waals surface area contributed by atoms with Gasteiger partial charge in [0.1, 0.15) is 0 Å². The molecule has 1 N–H and O–H groups in total. The number of benzene rings is 1. The zero-order valence-corrected chi connectivity index (χ0v) is 12.9. The molecule has 0 fully saturated rings. The minimum Gasteiger partial charge on any atom is -0.390 e. The molecule has 0 aliphatic carbocycles. The van der Waals surface area contributed by atoms with Gasteiger partial charge in [-0.25, -0.2) is 0 Å². The zero-order valence-electron chi connectivity index (χ0n) is 12.9. The quantitative estimate of drug-likeness (QED) is 0.849. The third-order valence-corrected chi connectivity index (χ3v) is 3.48. The fourth-order valence-electron chi connectivity index (χ4n) is 2.23. The summed E-state index contributed by atoms with van der Waals surface area (Å²) in [6.07, 6.45) is 1.01. The highest BCUT2D eigenvalue weighted by Gasteiger charge is 2.18. The molecule has 0 aromatic heterocycles. The molecule has 2 heteroatoms. The van der Waals surface area contributed by atoms with Crippen LogP contribution in [0.4, 0.5) is 0 Å². The van der Waals surface area contributed by atoms with Gasteiger partial charge in [0, 0.05) is 13.0 Å². The van der Waals surface area contributed by atoms with Gasteiger partial charge in [0.25, 0.3) is 0 Å². The molecule has 19 heavy (non-hydrogen) atoms. The molecule has 0 radical (unpaired) electrons. The molecule has 0 heterocycles. The van der Waals surface area contributed by atoms with Gasteiger partial charge in [0.15, 0.2) is 0 Å². The Labute approximate surface area is 117 Å². The normalized spacial score (nSPS) is 15.3. The Morgan fingerprint density at radius 1 is 1.11 bits per heavy atom. The summed E-state index contributed by atoms with van der Waals surface area (Å²) in [6, 6.07) is 8.54. The fraction of sp³-hybridized carbons (Fsp3) is 0.647. The van der Waals surface area contributed by atoms with Gasteiger partial charge in [0.05, 0.1) is 12.2 Å². The molecule has 108 valence electrons. The molecule has 0 bridgehead atoms. The molecule has 0 aliphatic rings. The summed E-state index contributed by atoms with van der Waals surface area (Å²) in [5, 5.41) is 10.2. The first-order valence-corrected chi connectivity index (χ1v) is 7.27. The summed E-state index contributed by atoms with van der Waals surface area (Å²) in [5.41, 5.74) is 2.66. The van der Waals surface area contributed by atoms with Crippen LogP contribution in [0.25, 0.3) is 0 Å². The summed E-state index contributed by atoms with van der Waals surface area (Å²) >= 11 is 0. The minimum absolute atomic E-state index is 0.0627. The van der Waals surface area contributed by atoms with E-state index >= 15 is 0 Å². The van der Waals surface area contributed by atoms with Gasteiger partial charge in [-0.05, 0) is 29.9 Å². The van der Waals surface area contributed by atoms with Crippen molar-refractivity contribution in [3.05, 3.63) is 35.4 Å². The molecular formula is C17H28O2. The van der Waals surface area contributed by atoms with E-state index in [9.17, 15) is 5.11 Å². The van der Waals surface area contributed by atoms with Gasteiger partial charge in [-0.1, -0.05) is 52.0 Å². The van der Waals surface area contributed by atoms with Gasteiger partial charge in [-0.2, -0.15) is 0 Å². The van der Waals surface area contributed by atoms with E-state index < -0.39 is 6.10 Å². The van der Waals surface area contributed by atoms with E-state index in [4.69, 9.17) is 4.74 Å². The van der Waals surface area contributed by atoms with Crippen molar-refractivity contribution in [2.45, 2.75) is 65.1 Å². The first kappa shape index (κ1) is 16.2. The van der Waals surface area contributed by atoms with Crippen LogP contribution in [0, 0.1) is 0 Å². The summed E-state index contributed by atoms with van der Waals surface area (Å²) in [6.45, 7) is 11.3. The molecule has 0 saturated carbocycles. The summed E-state index contributed by atoms with van der Waals surface area (Å²) in [7, 11) is 0. The number of aliphatic hydroxyl groups is 1. The van der Waals surface area contributed by atoms with E-state index in [1.54, 1.807) is 0 Å². The van der Waals surface area contributed by atoms with Crippen molar-refractivity contribution in [3.63, 3.8) is 0 Å². The Morgan fingerprint density at radius 2 is 1.68 bits per heavy atom. The van der Waals surface area contributed by atoms with Gasteiger partial charge in [0.2, 0.25) is 0 Å². The van der Waals surface area contributed by atoms with Crippen molar-refractivity contribution in [1.29, 1.82) is 0 Å². The molecule has 0 amide bonds. The lowest BCUT2D eigenvalue weighted by Gasteiger charge is -2.22. The molecule has 2 unspecified atom stereocenters. The van der Waals surface area contributed by atoms with Crippen LogP contribution < -0.4 is 0 Å². The van der Waals surface area contributed by atoms with Crippen molar-refractivity contribution >= 4 is 0 Å². The third kappa shape index (κ3) is 4.96. The van der Waals surface area contributed by atoms with Crippen LogP contribution in [-0.4, -0.2) is 23.9 Å². The van der Waals surface area contributed by atoms with E-state index in [1.165, 1.54) is 11.1 Å². The van der Waals surface area contributed by atoms with Crippen LogP contribution in [0.5, 0.6) is 0 Å². The van der Waals surface area contributed by atoms with Crippen LogP contribution in [0.15, 0.2) is 24.3 Å². The highest BCUT2D eigenvalue weighted by atomic mass is 16.5. The Kier molecular flexibility index (Phi) is 6.02. The molecule has 1 rings (SSSR count). The number of rotatable bonds is 6. The van der Waals surface area contributed by atoms with Crippen LogP contribution in [-0.2, 0) is 16.6 Å². The lowest BCUT2D eigenvalue weighted by Crippen LogP contribution is -2.30. The molecule has 2 atom stereocenters. The maximum Gasteiger partial charge on any atom is 0.0841 e. The lowest BCUT2D eigenvalue weighted by molar-refractivity contribution is -0.0334. The minimum atomic E-state index is -0.426. The van der Waals surface area contributed by atoms with Gasteiger partial charge in [-0.15, -0.1) is 0 Å². The highest BCUT2D eigenvalue weighted by Crippen LogP contribution is 2.22. The molecule has 0 aliphatic heterocycles. The van der Waals surface area contributed by atoms with Gasteiger partial charge in [-0.3, -0.25) is 0 Å². The third-order valence-electron chi connectivity index (χ3n) is 3.48. The Hall–Kier alpha value is -0.860. The fourth-order valence-corrected chi connectivity index (χ4v) is 2.23. The van der Waals surface area contributed by atoms with E-state index in [-0.39, 0.29) is 11.5 Å². The second kappa shape index (κ2) is 7.06. The lowest BCUT2D eigenvalue weighted by atomic mass is 9.86. The number of ether oxygens (including phenoxy) is 1. The molecular weight excluding hydrogens is 236 g/mol. The number of hydrogen-bond donors (Lipinski definition) is 1. The second-order valence-corrected chi connectivity index (χ2v) is 6.12. The molecule has 2 nitrogen and oxygen atoms in total. The summed E-state index contributed by atoms with van der Waals surface area (Å²) in [4.78, 5) is 0. The van der Waals surface area contributed by atoms with Gasteiger partial charge < -0.3 is 9.84 Å². The molecule has 1 aromatic carbocycles. The summed E-state index contributed by atoms with van der Waals surface area (Å²) < 4.78 is 5.55. The van der Waals surface area contributed by atoms with Crippen molar-refractivity contribution in [2.24, 2.45) is 0 Å². The monoisotopic (exact) mass is 264 g/mol. The Balaban J connectivity index is 2.67. The molecule has 0 saturated heterocycles. The van der Waals surface area contributed by atoms with Crippen molar-refractivity contribution in [1.82, 2.24) is 0 Å². The average Bonchev–Trinajstić information content (AvgIpc) is 2.35. The Bertz CT molecular complexity index is 362. The zero-order chi connectivity index (χ0) is 14.5. The number of aliphatic hydroxyl groups excluding tert-OH is 1. The van der Waals surface area contributed by atoms with Crippen LogP contribution in [0.3, 0.4) is 0 Å². The first-order chi connectivity index (χ1) is 8.88. The van der Waals surface area contributed by atoms with Crippen molar-refractivity contribution < 1.29 is 9.84 Å². The summed E-state index contributed by atoms with van der Waals surface area (Å²) in [5.74, 6) is 0. The average molecular weight is 264 g/mol. The maximum atomic E-state index is 10.2. The van der Waals surface area contributed by atoms with Crippen molar-refractivity contribution in [3.8, 4) is 0 Å². The highest BCUT2D eigenvalue weighted by molar-refractivity contribution is 5.27. The van der Waals surface area contributed by atoms with Gasteiger partial charge >= 0.3 is 0 Å². The standard InChI is InChI=1S/C17H28O2/c1-6-16(19-7-2)15(18)12-13-8-10-14(11-9-13)17(3,4)5/h8-11,15-16,18H,6-7,12H2,1-5H3. The topological polar surface area (TPSA) is 29.5 Å². The molecule has 1 aromatic rings. The maximum absolute atomic E-state index is 10.2. The predicted molar refractivity (Wildman–Crippen MR) is 80.6 cm³/mol. The van der Waals surface area contributed by atoms with E-state index in [2.05, 4.69) is 45.0 Å². The van der Waals surface area contributed by atoms with E-state index in [0.29, 0.717) is 13.0 Å². The predicted octanol–water partition coefficient (Wildman–Crippen LogP) is 3.70. The van der Waals surface area contributed by atoms with Crippen LogP contribution in [0.2, 0.25) is 0 Å². The second-order valence-electron chi connectivity index (χ2n) is 6.12. The number of hydrogen-bond acceptors (Lipinski definition) is 2. The van der Waals surface area contributed by atoms with Crippen molar-refractivity contribution in [2.75, 3.05) is 6.61 Å². The van der Waals surface area contributed by atoms with Crippen LogP contribution >= 0.6 is 0 Å². The Morgan fingerprint density at radius 3 is 2.11 bits per heavy atom. The first-order valence-electron chi connectivity index (χ1n) is 7.27. The van der Waals surface area contributed by atoms with E-state index in [1.807, 2.05) is 13.8 Å².